The van der Waals surface area contributed by atoms with Crippen molar-refractivity contribution in [2.75, 3.05) is 5.32 Å². The van der Waals surface area contributed by atoms with Gasteiger partial charge in [0.25, 0.3) is 5.91 Å². The van der Waals surface area contributed by atoms with Crippen molar-refractivity contribution in [3.05, 3.63) is 41.5 Å². The van der Waals surface area contributed by atoms with Crippen molar-refractivity contribution in [1.82, 2.24) is 15.2 Å². The first-order valence-electron chi connectivity index (χ1n) is 5.54. The highest BCUT2D eigenvalue weighted by atomic mass is 16.4. The molecule has 0 fully saturated rings. The number of carbonyl (C=O) groups excluding carboxylic acids is 1. The van der Waals surface area contributed by atoms with E-state index in [0.29, 0.717) is 11.4 Å². The largest absolute Gasteiger partial charge is 0.481 e. The molecule has 0 aromatic carbocycles. The monoisotopic (exact) mass is 260 g/mol. The van der Waals surface area contributed by atoms with E-state index >= 15 is 0 Å². The fourth-order valence-electron chi connectivity index (χ4n) is 1.49. The number of rotatable bonds is 4. The Morgan fingerprint density at radius 3 is 2.74 bits per heavy atom. The van der Waals surface area contributed by atoms with E-state index in [2.05, 4.69) is 20.5 Å². The summed E-state index contributed by atoms with van der Waals surface area (Å²) in [6, 6.07) is 4.78. The maximum Gasteiger partial charge on any atom is 0.309 e. The van der Waals surface area contributed by atoms with Gasteiger partial charge in [-0.15, -0.1) is 0 Å². The summed E-state index contributed by atoms with van der Waals surface area (Å²) in [5.74, 6) is -1.30. The maximum absolute atomic E-state index is 11.8. The number of H-pyrrole nitrogens is 1. The number of aryl methyl sites for hydroxylation is 1. The van der Waals surface area contributed by atoms with Gasteiger partial charge in [0.05, 0.1) is 24.0 Å². The summed E-state index contributed by atoms with van der Waals surface area (Å²) in [6.45, 7) is 1.80. The van der Waals surface area contributed by atoms with Crippen molar-refractivity contribution in [3.63, 3.8) is 0 Å². The standard InChI is InChI=1S/C12H12N4O3/c1-7-4-10(16-15-7)12(19)14-9-3-2-8(13-6-9)5-11(17)18/h2-4,6H,5H2,1H3,(H,14,19)(H,15,16)(H,17,18). The summed E-state index contributed by atoms with van der Waals surface area (Å²) in [5, 5.41) is 17.7. The molecular weight excluding hydrogens is 248 g/mol. The summed E-state index contributed by atoms with van der Waals surface area (Å²) in [5.41, 5.74) is 1.99. The molecule has 0 aliphatic rings. The molecule has 2 aromatic heterocycles. The zero-order valence-corrected chi connectivity index (χ0v) is 10.2. The van der Waals surface area contributed by atoms with Gasteiger partial charge in [-0.25, -0.2) is 0 Å². The van der Waals surface area contributed by atoms with Crippen LogP contribution >= 0.6 is 0 Å². The zero-order chi connectivity index (χ0) is 13.8. The number of amides is 1. The number of carboxylic acids is 1. The summed E-state index contributed by atoms with van der Waals surface area (Å²) < 4.78 is 0. The molecule has 7 heteroatoms. The summed E-state index contributed by atoms with van der Waals surface area (Å²) in [6.07, 6.45) is 1.27. The van der Waals surface area contributed by atoms with E-state index < -0.39 is 5.97 Å². The summed E-state index contributed by atoms with van der Waals surface area (Å²) in [7, 11) is 0. The highest BCUT2D eigenvalue weighted by Gasteiger charge is 2.10. The topological polar surface area (TPSA) is 108 Å². The molecule has 0 spiro atoms. The first kappa shape index (κ1) is 12.7. The molecule has 2 aromatic rings. The van der Waals surface area contributed by atoms with Gasteiger partial charge in [0.2, 0.25) is 0 Å². The quantitative estimate of drug-likeness (QED) is 0.759. The third kappa shape index (κ3) is 3.38. The number of hydrogen-bond donors (Lipinski definition) is 3. The zero-order valence-electron chi connectivity index (χ0n) is 10.2. The molecule has 0 atom stereocenters. The van der Waals surface area contributed by atoms with Crippen molar-refractivity contribution in [1.29, 1.82) is 0 Å². The molecule has 1 amide bonds. The average Bonchev–Trinajstić information content (AvgIpc) is 2.78. The van der Waals surface area contributed by atoms with E-state index in [1.807, 2.05) is 0 Å². The molecule has 2 rings (SSSR count). The van der Waals surface area contributed by atoms with Crippen molar-refractivity contribution in [2.45, 2.75) is 13.3 Å². The van der Waals surface area contributed by atoms with E-state index in [1.54, 1.807) is 25.1 Å². The van der Waals surface area contributed by atoms with Gasteiger partial charge in [-0.3, -0.25) is 19.7 Å². The predicted molar refractivity (Wildman–Crippen MR) is 66.9 cm³/mol. The second-order valence-electron chi connectivity index (χ2n) is 4.00. The van der Waals surface area contributed by atoms with Gasteiger partial charge in [0, 0.05) is 5.69 Å². The van der Waals surface area contributed by atoms with Crippen LogP contribution in [0.15, 0.2) is 24.4 Å². The van der Waals surface area contributed by atoms with Crippen LogP contribution in [-0.4, -0.2) is 32.2 Å². The molecule has 98 valence electrons. The second kappa shape index (κ2) is 5.30. The minimum absolute atomic E-state index is 0.146. The number of hydrogen-bond acceptors (Lipinski definition) is 4. The smallest absolute Gasteiger partial charge is 0.309 e. The Balaban J connectivity index is 2.03. The van der Waals surface area contributed by atoms with E-state index in [1.165, 1.54) is 6.20 Å². The molecular formula is C12H12N4O3. The molecule has 0 aliphatic heterocycles. The van der Waals surface area contributed by atoms with Crippen molar-refractivity contribution >= 4 is 17.6 Å². The number of nitrogens with zero attached hydrogens (tertiary/aromatic N) is 2. The molecule has 0 saturated carbocycles. The molecule has 19 heavy (non-hydrogen) atoms. The Morgan fingerprint density at radius 1 is 1.42 bits per heavy atom. The molecule has 7 nitrogen and oxygen atoms in total. The van der Waals surface area contributed by atoms with Gasteiger partial charge in [-0.05, 0) is 25.1 Å². The lowest BCUT2D eigenvalue weighted by atomic mass is 10.2. The van der Waals surface area contributed by atoms with Crippen molar-refractivity contribution in [2.24, 2.45) is 0 Å². The fourth-order valence-corrected chi connectivity index (χ4v) is 1.49. The Bertz CT molecular complexity index is 604. The molecule has 0 saturated heterocycles. The minimum atomic E-state index is -0.948. The summed E-state index contributed by atoms with van der Waals surface area (Å²) >= 11 is 0. The van der Waals surface area contributed by atoms with Crippen LogP contribution in [0.25, 0.3) is 0 Å². The number of anilines is 1. The lowest BCUT2D eigenvalue weighted by Gasteiger charge is -2.03. The Morgan fingerprint density at radius 2 is 2.21 bits per heavy atom. The molecule has 0 unspecified atom stereocenters. The SMILES string of the molecule is Cc1cc(C(=O)Nc2ccc(CC(=O)O)nc2)n[nH]1. The molecule has 0 bridgehead atoms. The van der Waals surface area contributed by atoms with E-state index in [-0.39, 0.29) is 18.0 Å². The third-order valence-electron chi connectivity index (χ3n) is 2.35. The highest BCUT2D eigenvalue weighted by Crippen LogP contribution is 2.09. The molecule has 3 N–H and O–H groups in total. The van der Waals surface area contributed by atoms with Gasteiger partial charge in [-0.2, -0.15) is 5.10 Å². The number of nitrogens with one attached hydrogen (secondary N) is 2. The average molecular weight is 260 g/mol. The Kier molecular flexibility index (Phi) is 3.56. The van der Waals surface area contributed by atoms with Gasteiger partial charge in [0.1, 0.15) is 0 Å². The van der Waals surface area contributed by atoms with Crippen LogP contribution in [0.3, 0.4) is 0 Å². The normalized spacial score (nSPS) is 10.2. The predicted octanol–water partition coefficient (Wildman–Crippen LogP) is 0.993. The van der Waals surface area contributed by atoms with Crippen LogP contribution in [0, 0.1) is 6.92 Å². The lowest BCUT2D eigenvalue weighted by molar-refractivity contribution is -0.136. The first-order valence-corrected chi connectivity index (χ1v) is 5.54. The van der Waals surface area contributed by atoms with Crippen LogP contribution in [0.2, 0.25) is 0 Å². The van der Waals surface area contributed by atoms with Crippen molar-refractivity contribution in [3.8, 4) is 0 Å². The van der Waals surface area contributed by atoms with Gasteiger partial charge in [0.15, 0.2) is 5.69 Å². The minimum Gasteiger partial charge on any atom is -0.481 e. The Labute approximate surface area is 108 Å². The third-order valence-corrected chi connectivity index (χ3v) is 2.35. The number of carboxylic acid groups (broad SMARTS) is 1. The van der Waals surface area contributed by atoms with Crippen LogP contribution in [-0.2, 0) is 11.2 Å². The molecule has 0 aliphatic carbocycles. The fraction of sp³-hybridized carbons (Fsp3) is 0.167. The second-order valence-corrected chi connectivity index (χ2v) is 4.00. The first-order chi connectivity index (χ1) is 9.04. The van der Waals surface area contributed by atoms with Crippen LogP contribution < -0.4 is 5.32 Å². The van der Waals surface area contributed by atoms with E-state index in [9.17, 15) is 9.59 Å². The molecule has 2 heterocycles. The lowest BCUT2D eigenvalue weighted by Crippen LogP contribution is -2.13. The van der Waals surface area contributed by atoms with Crippen LogP contribution in [0.5, 0.6) is 0 Å². The molecule has 0 radical (unpaired) electrons. The summed E-state index contributed by atoms with van der Waals surface area (Å²) in [4.78, 5) is 26.2. The highest BCUT2D eigenvalue weighted by molar-refractivity contribution is 6.02. The van der Waals surface area contributed by atoms with Gasteiger partial charge >= 0.3 is 5.97 Å². The number of aliphatic carboxylic acids is 1. The number of pyridine rings is 1. The van der Waals surface area contributed by atoms with E-state index in [4.69, 9.17) is 5.11 Å². The van der Waals surface area contributed by atoms with Crippen molar-refractivity contribution < 1.29 is 14.7 Å². The van der Waals surface area contributed by atoms with Gasteiger partial charge in [-0.1, -0.05) is 0 Å². The van der Waals surface area contributed by atoms with Crippen LogP contribution in [0.4, 0.5) is 5.69 Å². The van der Waals surface area contributed by atoms with E-state index in [0.717, 1.165) is 5.69 Å². The maximum atomic E-state index is 11.8. The number of aromatic nitrogens is 3. The Hall–Kier alpha value is -2.70. The number of aromatic amines is 1. The number of carbonyl (C=O) groups is 2. The van der Waals surface area contributed by atoms with Crippen LogP contribution in [0.1, 0.15) is 21.9 Å². The van der Waals surface area contributed by atoms with Gasteiger partial charge < -0.3 is 10.4 Å².